The van der Waals surface area contributed by atoms with Crippen LogP contribution >= 0.6 is 0 Å². The van der Waals surface area contributed by atoms with Crippen LogP contribution in [0, 0.1) is 0 Å². The SMILES string of the molecule is C[Si](C)(C)[N-][Si](C)(C)C.C[Si](C)(C)[N-][Si](C)(C)C.C[Si](C)(C)[N-][Si](C)(C)C.C[Si](C)(C)[N-][Si](C)(C)C.[Fe+3].[Fe+3].[Fe+3].[Fe+3].[S-2].[S-2].[S-2].[S-2]. The van der Waals surface area contributed by atoms with Gasteiger partial charge >= 0.3 is 68.3 Å². The molecular weight excluding hydrogens is 921 g/mol. The third kappa shape index (κ3) is 118. The van der Waals surface area contributed by atoms with Gasteiger partial charge in [-0.05, 0) is 0 Å². The summed E-state index contributed by atoms with van der Waals surface area (Å²) in [4.78, 5) is 0. The molecule has 0 aromatic rings. The molecule has 276 valence electrons. The molecule has 4 radical (unpaired) electrons. The number of hydrogen-bond donors (Lipinski definition) is 0. The minimum atomic E-state index is -1.11. The van der Waals surface area contributed by atoms with E-state index in [1.807, 2.05) is 0 Å². The van der Waals surface area contributed by atoms with E-state index in [-0.39, 0.29) is 122 Å². The van der Waals surface area contributed by atoms with Gasteiger partial charge in [-0.25, -0.2) is 0 Å². The first kappa shape index (κ1) is 82.5. The number of rotatable bonds is 8. The van der Waals surface area contributed by atoms with Gasteiger partial charge in [0.2, 0.25) is 0 Å². The largest absolute Gasteiger partial charge is 3.00 e. The van der Waals surface area contributed by atoms with E-state index < -0.39 is 65.9 Å². The average Bonchev–Trinajstić information content (AvgIpc) is 2.19. The van der Waals surface area contributed by atoms with Crippen molar-refractivity contribution in [3.8, 4) is 0 Å². The molecule has 0 aromatic heterocycles. The molecular formula is C24H72Fe4N4S4Si8. The zero-order chi connectivity index (χ0) is 30.8. The van der Waals surface area contributed by atoms with Gasteiger partial charge in [0.25, 0.3) is 0 Å². The summed E-state index contributed by atoms with van der Waals surface area (Å²) in [7, 11) is -8.85. The molecule has 0 heterocycles. The van der Waals surface area contributed by atoms with Gasteiger partial charge in [-0.15, -0.1) is 0 Å². The Kier molecular flexibility index (Phi) is 61.3. The van der Waals surface area contributed by atoms with Crippen LogP contribution in [0.4, 0.5) is 0 Å². The van der Waals surface area contributed by atoms with Crippen molar-refractivity contribution >= 4 is 120 Å². The summed E-state index contributed by atoms with van der Waals surface area (Å²) < 4.78 is 19.3. The normalized spacial score (nSPS) is 11.5. The van der Waals surface area contributed by atoms with Crippen LogP contribution in [0.25, 0.3) is 18.6 Å². The third-order valence-corrected chi connectivity index (χ3v) is 24.1. The van der Waals surface area contributed by atoms with Crippen molar-refractivity contribution in [3.05, 3.63) is 18.6 Å². The van der Waals surface area contributed by atoms with Crippen LogP contribution in [-0.2, 0) is 122 Å². The first-order valence-electron chi connectivity index (χ1n) is 13.8. The molecule has 4 nitrogen and oxygen atoms in total. The fourth-order valence-corrected chi connectivity index (χ4v) is 36.2. The minimum Gasteiger partial charge on any atom is -2.00 e. The summed E-state index contributed by atoms with van der Waals surface area (Å²) in [6.07, 6.45) is 0. The number of nitrogens with zero attached hydrogens (tertiary/aromatic N) is 4. The van der Waals surface area contributed by atoms with Crippen LogP contribution in [0.2, 0.25) is 157 Å². The maximum Gasteiger partial charge on any atom is 3.00 e. The predicted molar refractivity (Wildman–Crippen MR) is 230 cm³/mol. The Balaban J connectivity index is -0.0000000293. The molecule has 20 heteroatoms. The summed E-state index contributed by atoms with van der Waals surface area (Å²) in [5.41, 5.74) is 0. The fraction of sp³-hybridized carbons (Fsp3) is 1.00. The quantitative estimate of drug-likeness (QED) is 0.218. The molecule has 0 atom stereocenters. The Bertz CT molecular complexity index is 447. The van der Waals surface area contributed by atoms with Crippen molar-refractivity contribution in [3.63, 3.8) is 0 Å². The van der Waals surface area contributed by atoms with Gasteiger partial charge in [0.15, 0.2) is 0 Å². The van der Waals surface area contributed by atoms with Gasteiger partial charge in [0.05, 0.1) is 0 Å². The molecule has 0 aromatic carbocycles. The fourth-order valence-electron chi connectivity index (χ4n) is 4.02. The Morgan fingerprint density at radius 3 is 0.227 bits per heavy atom. The van der Waals surface area contributed by atoms with Gasteiger partial charge in [-0.3, -0.25) is 0 Å². The molecule has 0 fully saturated rings. The summed E-state index contributed by atoms with van der Waals surface area (Å²) in [6, 6.07) is 0. The third-order valence-electron chi connectivity index (χ3n) is 2.68. The van der Waals surface area contributed by atoms with E-state index in [0.29, 0.717) is 0 Å². The van der Waals surface area contributed by atoms with Crippen LogP contribution in [0.5, 0.6) is 0 Å². The van der Waals surface area contributed by atoms with Gasteiger partial charge in [-0.1, -0.05) is 223 Å². The maximum atomic E-state index is 4.82. The Hall–Kier alpha value is 5.05. The van der Waals surface area contributed by atoms with Crippen molar-refractivity contribution in [2.45, 2.75) is 157 Å². The zero-order valence-electron chi connectivity index (χ0n) is 32.8. The van der Waals surface area contributed by atoms with Crippen molar-refractivity contribution < 1.29 is 68.3 Å². The molecule has 0 bridgehead atoms. The van der Waals surface area contributed by atoms with E-state index in [2.05, 4.69) is 157 Å². The van der Waals surface area contributed by atoms with Crippen molar-refractivity contribution in [1.82, 2.24) is 0 Å². The topological polar surface area (TPSA) is 56.4 Å². The second-order valence-electron chi connectivity index (χ2n) is 17.8. The summed E-state index contributed by atoms with van der Waals surface area (Å²) in [6.45, 7) is 55.1. The molecule has 0 aliphatic rings. The van der Waals surface area contributed by atoms with E-state index in [1.165, 1.54) is 0 Å². The molecule has 0 saturated carbocycles. The molecule has 44 heavy (non-hydrogen) atoms. The zero-order valence-corrected chi connectivity index (χ0v) is 48.5. The van der Waals surface area contributed by atoms with Crippen molar-refractivity contribution in [1.29, 1.82) is 0 Å². The molecule has 0 unspecified atom stereocenters. The Morgan fingerprint density at radius 1 is 0.182 bits per heavy atom. The molecule has 0 aliphatic carbocycles. The van der Waals surface area contributed by atoms with Crippen LogP contribution < -0.4 is 0 Å². The van der Waals surface area contributed by atoms with Crippen molar-refractivity contribution in [2.75, 3.05) is 0 Å². The Labute approximate surface area is 359 Å². The molecule has 0 spiro atoms. The smallest absolute Gasteiger partial charge is 2.00 e. The minimum absolute atomic E-state index is 0. The van der Waals surface area contributed by atoms with Crippen LogP contribution in [0.3, 0.4) is 0 Å². The molecule has 0 aliphatic heterocycles. The monoisotopic (exact) mass is 992 g/mol. The van der Waals surface area contributed by atoms with E-state index in [9.17, 15) is 0 Å². The first-order valence-corrected chi connectivity index (χ1v) is 41.4. The van der Waals surface area contributed by atoms with Crippen LogP contribution in [0.1, 0.15) is 0 Å². The van der Waals surface area contributed by atoms with Crippen molar-refractivity contribution in [2.24, 2.45) is 0 Å². The van der Waals surface area contributed by atoms with Gasteiger partial charge < -0.3 is 72.6 Å². The second kappa shape index (κ2) is 32.7. The molecule has 0 rings (SSSR count). The van der Waals surface area contributed by atoms with Gasteiger partial charge in [0, 0.05) is 0 Å². The Morgan fingerprint density at radius 2 is 0.227 bits per heavy atom. The van der Waals surface area contributed by atoms with E-state index >= 15 is 0 Å². The average molecular weight is 993 g/mol. The van der Waals surface area contributed by atoms with Gasteiger partial charge in [0.1, 0.15) is 0 Å². The summed E-state index contributed by atoms with van der Waals surface area (Å²) in [5.74, 6) is 0. The number of hydrogen-bond acceptors (Lipinski definition) is 0. The standard InChI is InChI=1S/4C6H18NSi2.4Fe.4S/c4*1-8(2,3)7-9(4,5)6;;;;;;;;/h4*1-6H3;;;;;;;;/q4*-1;4*+3;4*-2. The van der Waals surface area contributed by atoms with Crippen LogP contribution in [-0.4, -0.2) is 65.9 Å². The first-order chi connectivity index (χ1) is 14.8. The van der Waals surface area contributed by atoms with E-state index in [0.717, 1.165) is 0 Å². The molecule has 0 saturated heterocycles. The molecule has 0 N–H and O–H groups in total. The van der Waals surface area contributed by atoms with Crippen LogP contribution in [0.15, 0.2) is 0 Å². The second-order valence-corrected chi connectivity index (χ2v) is 56.1. The molecule has 0 amide bonds. The van der Waals surface area contributed by atoms with Gasteiger partial charge in [-0.2, -0.15) is 0 Å². The van der Waals surface area contributed by atoms with E-state index in [1.54, 1.807) is 0 Å². The summed E-state index contributed by atoms with van der Waals surface area (Å²) >= 11 is 0. The maximum absolute atomic E-state index is 4.82. The predicted octanol–water partition coefficient (Wildman–Crippen LogP) is 12.1. The van der Waals surface area contributed by atoms with E-state index in [4.69, 9.17) is 18.6 Å². The summed E-state index contributed by atoms with van der Waals surface area (Å²) in [5, 5.41) is 0.